The van der Waals surface area contributed by atoms with Crippen molar-refractivity contribution in [2.45, 2.75) is 0 Å². The van der Waals surface area contributed by atoms with Crippen LogP contribution in [0.5, 0.6) is 0 Å². The van der Waals surface area contributed by atoms with Crippen molar-refractivity contribution in [3.05, 3.63) is 132 Å². The van der Waals surface area contributed by atoms with Crippen LogP contribution in [-0.4, -0.2) is 9.97 Å². The van der Waals surface area contributed by atoms with Gasteiger partial charge in [-0.1, -0.05) is 115 Å². The molecular formula is C32H21ClN2. The van der Waals surface area contributed by atoms with Crippen LogP contribution in [0.15, 0.2) is 127 Å². The second-order valence-corrected chi connectivity index (χ2v) is 8.88. The van der Waals surface area contributed by atoms with Gasteiger partial charge in [0.2, 0.25) is 0 Å². The molecule has 6 aromatic rings. The smallest absolute Gasteiger partial charge is 0.160 e. The zero-order valence-electron chi connectivity index (χ0n) is 18.9. The van der Waals surface area contributed by atoms with Crippen LogP contribution in [0.3, 0.4) is 0 Å². The van der Waals surface area contributed by atoms with Crippen LogP contribution < -0.4 is 0 Å². The number of benzene rings is 5. The summed E-state index contributed by atoms with van der Waals surface area (Å²) in [5.74, 6) is 0.702. The highest BCUT2D eigenvalue weighted by Gasteiger charge is 2.14. The zero-order chi connectivity index (χ0) is 23.6. The summed E-state index contributed by atoms with van der Waals surface area (Å²) < 4.78 is 0. The van der Waals surface area contributed by atoms with E-state index in [9.17, 15) is 0 Å². The molecule has 3 heteroatoms. The number of hydrogen-bond acceptors (Lipinski definition) is 2. The molecule has 0 spiro atoms. The summed E-state index contributed by atoms with van der Waals surface area (Å²) in [6.07, 6.45) is 0. The second-order valence-electron chi connectivity index (χ2n) is 8.45. The highest BCUT2D eigenvalue weighted by molar-refractivity contribution is 6.30. The number of fused-ring (bicyclic) bond motifs is 1. The van der Waals surface area contributed by atoms with E-state index in [2.05, 4.69) is 78.9 Å². The fourth-order valence-electron chi connectivity index (χ4n) is 4.41. The molecule has 0 radical (unpaired) electrons. The monoisotopic (exact) mass is 468 g/mol. The third-order valence-corrected chi connectivity index (χ3v) is 6.38. The van der Waals surface area contributed by atoms with Crippen molar-refractivity contribution in [3.63, 3.8) is 0 Å². The van der Waals surface area contributed by atoms with Crippen molar-refractivity contribution >= 4 is 22.4 Å². The fraction of sp³-hybridized carbons (Fsp3) is 0. The molecule has 166 valence electrons. The Hall–Kier alpha value is -4.27. The molecule has 0 saturated carbocycles. The average Bonchev–Trinajstić information content (AvgIpc) is 2.93. The van der Waals surface area contributed by atoms with Crippen LogP contribution in [0.25, 0.3) is 55.8 Å². The number of rotatable bonds is 4. The van der Waals surface area contributed by atoms with Gasteiger partial charge in [-0.25, -0.2) is 9.97 Å². The summed E-state index contributed by atoms with van der Waals surface area (Å²) in [6, 6.07) is 43.3. The SMILES string of the molecule is Clc1cccc(-c2ccccc2-c2cc(-c3ccccc3)nc(-c3ccc4ccccc4c3)n2)c1. The molecule has 6 rings (SSSR count). The molecule has 0 aliphatic heterocycles. The lowest BCUT2D eigenvalue weighted by Gasteiger charge is -2.13. The van der Waals surface area contributed by atoms with E-state index in [1.54, 1.807) is 0 Å². The summed E-state index contributed by atoms with van der Waals surface area (Å²) in [6.45, 7) is 0. The lowest BCUT2D eigenvalue weighted by molar-refractivity contribution is 1.18. The van der Waals surface area contributed by atoms with Crippen molar-refractivity contribution < 1.29 is 0 Å². The highest BCUT2D eigenvalue weighted by Crippen LogP contribution is 2.35. The van der Waals surface area contributed by atoms with Crippen LogP contribution in [0.2, 0.25) is 5.02 Å². The first-order valence-electron chi connectivity index (χ1n) is 11.5. The molecule has 0 amide bonds. The molecule has 5 aromatic carbocycles. The van der Waals surface area contributed by atoms with Gasteiger partial charge < -0.3 is 0 Å². The topological polar surface area (TPSA) is 25.8 Å². The van der Waals surface area contributed by atoms with Crippen LogP contribution in [0.1, 0.15) is 0 Å². The van der Waals surface area contributed by atoms with Crippen LogP contribution in [0.4, 0.5) is 0 Å². The van der Waals surface area contributed by atoms with Gasteiger partial charge in [0.1, 0.15) is 0 Å². The summed E-state index contributed by atoms with van der Waals surface area (Å²) in [5.41, 5.74) is 6.98. The molecule has 0 aliphatic carbocycles. The third kappa shape index (κ3) is 4.32. The van der Waals surface area contributed by atoms with Gasteiger partial charge in [0.15, 0.2) is 5.82 Å². The van der Waals surface area contributed by atoms with E-state index in [1.165, 1.54) is 10.8 Å². The van der Waals surface area contributed by atoms with Crippen molar-refractivity contribution in [1.82, 2.24) is 9.97 Å². The summed E-state index contributed by atoms with van der Waals surface area (Å²) >= 11 is 6.33. The molecule has 0 aliphatic rings. The number of hydrogen-bond donors (Lipinski definition) is 0. The van der Waals surface area contributed by atoms with E-state index in [-0.39, 0.29) is 0 Å². The normalized spacial score (nSPS) is 11.0. The van der Waals surface area contributed by atoms with Gasteiger partial charge in [0.05, 0.1) is 11.4 Å². The summed E-state index contributed by atoms with van der Waals surface area (Å²) in [4.78, 5) is 10.1. The third-order valence-electron chi connectivity index (χ3n) is 6.14. The first kappa shape index (κ1) is 21.3. The van der Waals surface area contributed by atoms with Gasteiger partial charge in [-0.2, -0.15) is 0 Å². The van der Waals surface area contributed by atoms with Gasteiger partial charge in [-0.05, 0) is 46.2 Å². The number of nitrogens with zero attached hydrogens (tertiary/aromatic N) is 2. The lowest BCUT2D eigenvalue weighted by Crippen LogP contribution is -1.97. The van der Waals surface area contributed by atoms with Gasteiger partial charge in [-0.3, -0.25) is 0 Å². The zero-order valence-corrected chi connectivity index (χ0v) is 19.7. The molecule has 1 aromatic heterocycles. The van der Waals surface area contributed by atoms with E-state index in [0.29, 0.717) is 10.8 Å². The Labute approximate surface area is 209 Å². The van der Waals surface area contributed by atoms with E-state index in [0.717, 1.165) is 39.2 Å². The maximum absolute atomic E-state index is 6.33. The highest BCUT2D eigenvalue weighted by atomic mass is 35.5. The molecule has 0 N–H and O–H groups in total. The number of halogens is 1. The molecular weight excluding hydrogens is 448 g/mol. The van der Waals surface area contributed by atoms with Crippen molar-refractivity contribution in [2.75, 3.05) is 0 Å². The van der Waals surface area contributed by atoms with E-state index in [4.69, 9.17) is 21.6 Å². The van der Waals surface area contributed by atoms with Crippen LogP contribution >= 0.6 is 11.6 Å². The predicted octanol–water partition coefficient (Wildman–Crippen LogP) is 8.95. The Morgan fingerprint density at radius 1 is 0.429 bits per heavy atom. The molecule has 0 fully saturated rings. The molecule has 0 saturated heterocycles. The quantitative estimate of drug-likeness (QED) is 0.258. The maximum atomic E-state index is 6.33. The molecule has 2 nitrogen and oxygen atoms in total. The van der Waals surface area contributed by atoms with Crippen molar-refractivity contribution in [1.29, 1.82) is 0 Å². The molecule has 0 unspecified atom stereocenters. The fourth-order valence-corrected chi connectivity index (χ4v) is 4.60. The van der Waals surface area contributed by atoms with E-state index >= 15 is 0 Å². The predicted molar refractivity (Wildman–Crippen MR) is 146 cm³/mol. The molecule has 0 bridgehead atoms. The Morgan fingerprint density at radius 3 is 1.94 bits per heavy atom. The largest absolute Gasteiger partial charge is 0.228 e. The van der Waals surface area contributed by atoms with Crippen molar-refractivity contribution in [3.8, 4) is 45.0 Å². The van der Waals surface area contributed by atoms with Crippen LogP contribution in [-0.2, 0) is 0 Å². The Bertz CT molecular complexity index is 1660. The molecule has 1 heterocycles. The lowest BCUT2D eigenvalue weighted by atomic mass is 9.96. The summed E-state index contributed by atoms with van der Waals surface area (Å²) in [5, 5.41) is 3.07. The first-order valence-corrected chi connectivity index (χ1v) is 11.9. The van der Waals surface area contributed by atoms with Gasteiger partial charge in [0.25, 0.3) is 0 Å². The van der Waals surface area contributed by atoms with Gasteiger partial charge >= 0.3 is 0 Å². The van der Waals surface area contributed by atoms with Crippen molar-refractivity contribution in [2.24, 2.45) is 0 Å². The van der Waals surface area contributed by atoms with E-state index < -0.39 is 0 Å². The van der Waals surface area contributed by atoms with E-state index in [1.807, 2.05) is 48.5 Å². The molecule has 35 heavy (non-hydrogen) atoms. The first-order chi connectivity index (χ1) is 17.2. The summed E-state index contributed by atoms with van der Waals surface area (Å²) in [7, 11) is 0. The maximum Gasteiger partial charge on any atom is 0.160 e. The molecule has 0 atom stereocenters. The minimum Gasteiger partial charge on any atom is -0.228 e. The standard InChI is InChI=1S/C32H21ClN2/c33-27-14-8-13-25(20-27)28-15-6-7-16-29(28)31-21-30(23-10-2-1-3-11-23)34-32(35-31)26-18-17-22-9-4-5-12-24(22)19-26/h1-21H. The second kappa shape index (κ2) is 9.17. The van der Waals surface area contributed by atoms with Crippen LogP contribution in [0, 0.1) is 0 Å². The Balaban J connectivity index is 1.58. The van der Waals surface area contributed by atoms with Gasteiger partial charge in [-0.15, -0.1) is 0 Å². The Morgan fingerprint density at radius 2 is 1.11 bits per heavy atom. The average molecular weight is 469 g/mol. The Kier molecular flexibility index (Phi) is 5.57. The van der Waals surface area contributed by atoms with Gasteiger partial charge in [0, 0.05) is 21.7 Å². The minimum absolute atomic E-state index is 0.702. The minimum atomic E-state index is 0.702. The number of aromatic nitrogens is 2.